The molecular formula is C16H30N2O4. The Kier molecular flexibility index (Phi) is 9.82. The van der Waals surface area contributed by atoms with Crippen LogP contribution in [0.4, 0.5) is 0 Å². The summed E-state index contributed by atoms with van der Waals surface area (Å²) in [5.41, 5.74) is 3.67. The van der Waals surface area contributed by atoms with Crippen molar-refractivity contribution in [1.82, 2.24) is 10.4 Å². The molecule has 6 nitrogen and oxygen atoms in total. The van der Waals surface area contributed by atoms with E-state index in [1.807, 2.05) is 0 Å². The van der Waals surface area contributed by atoms with Crippen LogP contribution in [0.25, 0.3) is 0 Å². The number of rotatable bonds is 1. The smallest absolute Gasteiger partial charge is 0.414 e. The molecule has 0 amide bonds. The van der Waals surface area contributed by atoms with Crippen molar-refractivity contribution < 1.29 is 19.8 Å². The summed E-state index contributed by atoms with van der Waals surface area (Å²) in [7, 11) is 0. The predicted molar refractivity (Wildman–Crippen MR) is 84.6 cm³/mol. The Labute approximate surface area is 132 Å². The second-order valence-corrected chi connectivity index (χ2v) is 6.12. The molecule has 1 heterocycles. The summed E-state index contributed by atoms with van der Waals surface area (Å²) in [6.07, 6.45) is 15.8. The number of hydrazine groups is 1. The van der Waals surface area contributed by atoms with Crippen molar-refractivity contribution >= 4 is 11.9 Å². The highest BCUT2D eigenvalue weighted by atomic mass is 16.4. The number of carbonyl (C=O) groups is 2. The van der Waals surface area contributed by atoms with Gasteiger partial charge < -0.3 is 10.2 Å². The van der Waals surface area contributed by atoms with Crippen molar-refractivity contribution in [2.24, 2.45) is 0 Å². The fourth-order valence-electron chi connectivity index (χ4n) is 3.12. The highest BCUT2D eigenvalue weighted by Crippen LogP contribution is 2.21. The second-order valence-electron chi connectivity index (χ2n) is 6.12. The lowest BCUT2D eigenvalue weighted by atomic mass is 9.96. The summed E-state index contributed by atoms with van der Waals surface area (Å²) < 4.78 is 0. The Morgan fingerprint density at radius 1 is 0.773 bits per heavy atom. The van der Waals surface area contributed by atoms with Crippen molar-refractivity contribution in [3.63, 3.8) is 0 Å². The van der Waals surface area contributed by atoms with E-state index in [9.17, 15) is 0 Å². The summed E-state index contributed by atoms with van der Waals surface area (Å²) in [5.74, 6) is -3.65. The number of carboxylic acid groups (broad SMARTS) is 2. The lowest BCUT2D eigenvalue weighted by Gasteiger charge is -2.34. The topological polar surface area (TPSA) is 89.9 Å². The van der Waals surface area contributed by atoms with Crippen LogP contribution in [0.1, 0.15) is 70.6 Å². The van der Waals surface area contributed by atoms with Gasteiger partial charge in [-0.1, -0.05) is 44.9 Å². The van der Waals surface area contributed by atoms with Crippen LogP contribution in [0.15, 0.2) is 0 Å². The third-order valence-corrected chi connectivity index (χ3v) is 4.34. The van der Waals surface area contributed by atoms with Gasteiger partial charge in [-0.3, -0.25) is 5.43 Å². The number of hydrogen-bond donors (Lipinski definition) is 3. The third kappa shape index (κ3) is 8.34. The van der Waals surface area contributed by atoms with Crippen LogP contribution in [-0.4, -0.2) is 46.3 Å². The molecule has 0 radical (unpaired) electrons. The maximum Gasteiger partial charge on any atom is 0.414 e. The van der Waals surface area contributed by atoms with Crippen LogP contribution >= 0.6 is 0 Å². The molecule has 0 unspecified atom stereocenters. The molecule has 1 aliphatic carbocycles. The van der Waals surface area contributed by atoms with E-state index in [1.165, 1.54) is 83.7 Å². The van der Waals surface area contributed by atoms with Crippen molar-refractivity contribution in [3.05, 3.63) is 0 Å². The van der Waals surface area contributed by atoms with Gasteiger partial charge >= 0.3 is 11.9 Å². The molecule has 0 spiro atoms. The molecule has 22 heavy (non-hydrogen) atoms. The highest BCUT2D eigenvalue weighted by Gasteiger charge is 2.19. The molecule has 3 N–H and O–H groups in total. The zero-order valence-corrected chi connectivity index (χ0v) is 13.4. The minimum Gasteiger partial charge on any atom is -0.473 e. The predicted octanol–water partition coefficient (Wildman–Crippen LogP) is 2.64. The zero-order valence-electron chi connectivity index (χ0n) is 13.4. The van der Waals surface area contributed by atoms with Crippen LogP contribution in [-0.2, 0) is 9.59 Å². The van der Waals surface area contributed by atoms with E-state index in [4.69, 9.17) is 19.8 Å². The Morgan fingerprint density at radius 3 is 1.86 bits per heavy atom. The molecule has 1 saturated carbocycles. The number of aliphatic carboxylic acids is 2. The van der Waals surface area contributed by atoms with Crippen molar-refractivity contribution in [2.75, 3.05) is 13.1 Å². The standard InChI is InChI=1S/C14H28N2.C2H2O4/c1-2-6-10-14(11-7-3-1)16-13-9-5-4-8-12-15-16;3-1(4)2(5)6/h14-15H,1-13H2;(H,3,4)(H,5,6). The van der Waals surface area contributed by atoms with E-state index in [2.05, 4.69) is 10.4 Å². The minimum atomic E-state index is -1.82. The summed E-state index contributed by atoms with van der Waals surface area (Å²) in [6.45, 7) is 2.49. The average Bonchev–Trinajstić information content (AvgIpc) is 2.40. The van der Waals surface area contributed by atoms with Gasteiger partial charge in [-0.05, 0) is 25.7 Å². The zero-order chi connectivity index (χ0) is 16.2. The molecule has 0 aromatic heterocycles. The van der Waals surface area contributed by atoms with Crippen LogP contribution in [0.2, 0.25) is 0 Å². The Bertz CT molecular complexity index is 288. The van der Waals surface area contributed by atoms with Crippen LogP contribution in [0, 0.1) is 0 Å². The molecule has 2 fully saturated rings. The van der Waals surface area contributed by atoms with Crippen LogP contribution in [0.3, 0.4) is 0 Å². The first-order valence-corrected chi connectivity index (χ1v) is 8.57. The van der Waals surface area contributed by atoms with Gasteiger partial charge in [0.15, 0.2) is 0 Å². The fourth-order valence-corrected chi connectivity index (χ4v) is 3.12. The van der Waals surface area contributed by atoms with Crippen LogP contribution in [0.5, 0.6) is 0 Å². The van der Waals surface area contributed by atoms with Crippen molar-refractivity contribution in [2.45, 2.75) is 76.7 Å². The summed E-state index contributed by atoms with van der Waals surface area (Å²) in [4.78, 5) is 18.2. The van der Waals surface area contributed by atoms with Crippen LogP contribution < -0.4 is 5.43 Å². The van der Waals surface area contributed by atoms with Gasteiger partial charge in [0.2, 0.25) is 0 Å². The molecule has 0 bridgehead atoms. The SMILES string of the molecule is C1CCCC(N2CCCCCCN2)CCC1.O=C(O)C(=O)O. The number of carboxylic acids is 2. The molecule has 0 aromatic rings. The Balaban J connectivity index is 0.000000346. The van der Waals surface area contributed by atoms with Gasteiger partial charge in [-0.15, -0.1) is 0 Å². The maximum absolute atomic E-state index is 9.10. The van der Waals surface area contributed by atoms with Gasteiger partial charge in [0.1, 0.15) is 0 Å². The summed E-state index contributed by atoms with van der Waals surface area (Å²) in [6, 6.07) is 0.832. The lowest BCUT2D eigenvalue weighted by molar-refractivity contribution is -0.159. The largest absolute Gasteiger partial charge is 0.473 e. The van der Waals surface area contributed by atoms with E-state index in [0.717, 1.165) is 6.04 Å². The molecule has 0 aromatic carbocycles. The first kappa shape index (κ1) is 18.9. The molecule has 1 saturated heterocycles. The maximum atomic E-state index is 9.10. The van der Waals surface area contributed by atoms with E-state index < -0.39 is 11.9 Å². The summed E-state index contributed by atoms with van der Waals surface area (Å²) in [5, 5.41) is 17.4. The third-order valence-electron chi connectivity index (χ3n) is 4.34. The van der Waals surface area contributed by atoms with Gasteiger partial charge in [0.05, 0.1) is 0 Å². The minimum absolute atomic E-state index is 0.832. The second kappa shape index (κ2) is 11.4. The molecule has 6 heteroatoms. The first-order chi connectivity index (χ1) is 10.6. The number of nitrogens with one attached hydrogen (secondary N) is 1. The van der Waals surface area contributed by atoms with E-state index in [0.29, 0.717) is 0 Å². The van der Waals surface area contributed by atoms with Gasteiger partial charge in [-0.2, -0.15) is 0 Å². The summed E-state index contributed by atoms with van der Waals surface area (Å²) >= 11 is 0. The Hall–Kier alpha value is -1.14. The highest BCUT2D eigenvalue weighted by molar-refractivity contribution is 6.27. The number of nitrogens with zero attached hydrogens (tertiary/aromatic N) is 1. The van der Waals surface area contributed by atoms with E-state index in [1.54, 1.807) is 0 Å². The van der Waals surface area contributed by atoms with E-state index >= 15 is 0 Å². The van der Waals surface area contributed by atoms with Gasteiger partial charge in [0, 0.05) is 19.1 Å². The molecule has 2 aliphatic rings. The van der Waals surface area contributed by atoms with Crippen molar-refractivity contribution in [1.29, 1.82) is 0 Å². The van der Waals surface area contributed by atoms with Gasteiger partial charge in [0.25, 0.3) is 0 Å². The molecule has 1 aliphatic heterocycles. The quantitative estimate of drug-likeness (QED) is 0.645. The molecule has 2 rings (SSSR count). The molecular weight excluding hydrogens is 284 g/mol. The van der Waals surface area contributed by atoms with Gasteiger partial charge in [-0.25, -0.2) is 14.6 Å². The first-order valence-electron chi connectivity index (χ1n) is 8.57. The normalized spacial score (nSPS) is 22.2. The number of hydrogen-bond acceptors (Lipinski definition) is 4. The van der Waals surface area contributed by atoms with E-state index in [-0.39, 0.29) is 0 Å². The monoisotopic (exact) mass is 314 g/mol. The molecule has 0 atom stereocenters. The van der Waals surface area contributed by atoms with Crippen molar-refractivity contribution in [3.8, 4) is 0 Å². The Morgan fingerprint density at radius 2 is 1.27 bits per heavy atom. The lowest BCUT2D eigenvalue weighted by Crippen LogP contribution is -2.47. The molecule has 128 valence electrons. The average molecular weight is 314 g/mol. The fraction of sp³-hybridized carbons (Fsp3) is 0.875.